The highest BCUT2D eigenvalue weighted by atomic mass is 35.5. The first kappa shape index (κ1) is 44.7. The van der Waals surface area contributed by atoms with Gasteiger partial charge in [0.1, 0.15) is 29.5 Å². The van der Waals surface area contributed by atoms with Crippen molar-refractivity contribution >= 4 is 114 Å². The Kier molecular flexibility index (Phi) is 13.4. The van der Waals surface area contributed by atoms with Crippen LogP contribution in [0.2, 0.25) is 10.0 Å². The molecule has 0 bridgehead atoms. The molecule has 2 saturated carbocycles. The quantitative estimate of drug-likeness (QED) is 0.118. The zero-order chi connectivity index (χ0) is 39.4. The first-order valence-corrected chi connectivity index (χ1v) is 21.7. The molecule has 13 nitrogen and oxygen atoms in total. The van der Waals surface area contributed by atoms with Gasteiger partial charge in [-0.3, -0.25) is 19.1 Å². The first-order chi connectivity index (χ1) is 26.0. The average Bonchev–Trinajstić information content (AvgIpc) is 3.95. The van der Waals surface area contributed by atoms with E-state index in [0.29, 0.717) is 50.2 Å². The molecule has 20 heteroatoms. The summed E-state index contributed by atoms with van der Waals surface area (Å²) < 4.78 is 39.6. The van der Waals surface area contributed by atoms with Crippen LogP contribution in [0.1, 0.15) is 46.5 Å². The number of nitrogens with zero attached hydrogens (tertiary/aromatic N) is 3. The number of carbonyl (C=O) groups excluding carboxylic acids is 3. The number of benzene rings is 1. The lowest BCUT2D eigenvalue weighted by atomic mass is 9.85. The van der Waals surface area contributed by atoms with E-state index in [1.54, 1.807) is 24.3 Å². The minimum atomic E-state index is -3.90. The average molecular weight is 921 g/mol. The third kappa shape index (κ3) is 9.12. The van der Waals surface area contributed by atoms with Gasteiger partial charge in [0.25, 0.3) is 5.91 Å². The summed E-state index contributed by atoms with van der Waals surface area (Å²) in [7, 11) is -2.37. The second-order valence-electron chi connectivity index (χ2n) is 15.1. The minimum Gasteiger partial charge on any atom is -0.494 e. The van der Waals surface area contributed by atoms with E-state index in [1.807, 2.05) is 31.5 Å². The third-order valence-electron chi connectivity index (χ3n) is 10.1. The van der Waals surface area contributed by atoms with Crippen molar-refractivity contribution in [3.8, 4) is 22.2 Å². The van der Waals surface area contributed by atoms with E-state index in [-0.39, 0.29) is 50.1 Å². The highest BCUT2D eigenvalue weighted by Gasteiger charge is 2.62. The van der Waals surface area contributed by atoms with Crippen molar-refractivity contribution in [2.45, 2.75) is 75.4 Å². The summed E-state index contributed by atoms with van der Waals surface area (Å²) in [6.07, 6.45) is 3.45. The maximum Gasteiger partial charge on any atom is 0.259 e. The van der Waals surface area contributed by atoms with Crippen molar-refractivity contribution in [3.05, 3.63) is 63.9 Å². The molecular formula is C37H42Cl4N6O7S3. The number of pyridine rings is 1. The maximum absolute atomic E-state index is 14.8. The Morgan fingerprint density at radius 1 is 1.12 bits per heavy atom. The highest BCUT2D eigenvalue weighted by Crippen LogP contribution is 2.46. The summed E-state index contributed by atoms with van der Waals surface area (Å²) in [6, 6.07) is 5.05. The fourth-order valence-corrected chi connectivity index (χ4v) is 10.3. The molecule has 3 fully saturated rings. The highest BCUT2D eigenvalue weighted by molar-refractivity contribution is 7.91. The van der Waals surface area contributed by atoms with Gasteiger partial charge in [0.05, 0.1) is 40.7 Å². The monoisotopic (exact) mass is 918 g/mol. The van der Waals surface area contributed by atoms with Crippen LogP contribution < -0.4 is 24.8 Å². The number of sulfonamides is 1. The van der Waals surface area contributed by atoms with Gasteiger partial charge in [0.2, 0.25) is 27.7 Å². The van der Waals surface area contributed by atoms with Crippen LogP contribution in [0.5, 0.6) is 11.6 Å². The van der Waals surface area contributed by atoms with E-state index in [4.69, 9.17) is 37.7 Å². The van der Waals surface area contributed by atoms with Crippen LogP contribution in [0.15, 0.2) is 53.9 Å². The Balaban J connectivity index is 0.00000310. The van der Waals surface area contributed by atoms with Crippen molar-refractivity contribution in [2.24, 2.45) is 11.3 Å². The summed E-state index contributed by atoms with van der Waals surface area (Å²) in [6.45, 7) is 9.51. The molecule has 0 unspecified atom stereocenters. The predicted octanol–water partition coefficient (Wildman–Crippen LogP) is 7.12. The van der Waals surface area contributed by atoms with Crippen LogP contribution in [-0.4, -0.2) is 83.6 Å². The minimum absolute atomic E-state index is 0. The Bertz CT molecular complexity index is 2300. The van der Waals surface area contributed by atoms with Gasteiger partial charge in [-0.15, -0.1) is 54.1 Å². The summed E-state index contributed by atoms with van der Waals surface area (Å²) in [5, 5.41) is 12.1. The number of fused-ring (bicyclic) bond motifs is 1. The molecule has 3 aromatic heterocycles. The van der Waals surface area contributed by atoms with Crippen LogP contribution in [0.4, 0.5) is 5.13 Å². The molecule has 1 aromatic carbocycles. The van der Waals surface area contributed by atoms with Crippen LogP contribution in [0.3, 0.4) is 0 Å². The SMILES string of the molecule is C=C[C@@H]1C[C@]1(NC(=O)[C@@H]1C[C@@H](Oc2ncc(OC)c3ccc(Cl)cc23)CN1C(=O)[C@@H](Nc1nc(-c2sccc2Cl)cs1)C(C)(C)C)C(=O)NS(=O)(=O)C1CC1.Cl.Cl. The molecule has 7 rings (SSSR count). The Morgan fingerprint density at radius 3 is 2.47 bits per heavy atom. The molecule has 4 aromatic rings. The molecule has 308 valence electrons. The number of nitrogens with one attached hydrogen (secondary N) is 3. The smallest absolute Gasteiger partial charge is 0.259 e. The zero-order valence-corrected chi connectivity index (χ0v) is 36.8. The number of hydrogen-bond acceptors (Lipinski definition) is 12. The van der Waals surface area contributed by atoms with Crippen LogP contribution in [-0.2, 0) is 24.4 Å². The number of ether oxygens (including phenoxy) is 2. The number of rotatable bonds is 13. The summed E-state index contributed by atoms with van der Waals surface area (Å²) >= 11 is 15.5. The number of aromatic nitrogens is 2. The molecule has 2 aliphatic carbocycles. The van der Waals surface area contributed by atoms with E-state index in [9.17, 15) is 22.8 Å². The molecule has 0 spiro atoms. The number of carbonyl (C=O) groups is 3. The molecule has 1 aliphatic heterocycles. The van der Waals surface area contributed by atoms with E-state index >= 15 is 0 Å². The van der Waals surface area contributed by atoms with Gasteiger partial charge in [-0.25, -0.2) is 18.4 Å². The predicted molar refractivity (Wildman–Crippen MR) is 229 cm³/mol. The second kappa shape index (κ2) is 17.1. The number of likely N-dealkylation sites (tertiary alicyclic amines) is 1. The van der Waals surface area contributed by atoms with E-state index < -0.39 is 68.1 Å². The molecule has 0 radical (unpaired) electrons. The van der Waals surface area contributed by atoms with Crippen molar-refractivity contribution < 1.29 is 32.3 Å². The van der Waals surface area contributed by atoms with Crippen LogP contribution >= 0.6 is 70.7 Å². The number of thiazole rings is 1. The number of halogens is 4. The van der Waals surface area contributed by atoms with Gasteiger partial charge in [-0.1, -0.05) is 50.0 Å². The number of hydrogen-bond donors (Lipinski definition) is 3. The first-order valence-electron chi connectivity index (χ1n) is 17.6. The number of thiophene rings is 1. The van der Waals surface area contributed by atoms with E-state index in [1.165, 1.54) is 47.0 Å². The summed E-state index contributed by atoms with van der Waals surface area (Å²) in [4.78, 5) is 54.2. The largest absolute Gasteiger partial charge is 0.494 e. The maximum atomic E-state index is 14.8. The Labute approximate surface area is 361 Å². The fourth-order valence-electron chi connectivity index (χ4n) is 6.83. The van der Waals surface area contributed by atoms with E-state index in [0.717, 1.165) is 4.88 Å². The van der Waals surface area contributed by atoms with Crippen molar-refractivity contribution in [1.29, 1.82) is 0 Å². The fraction of sp³-hybridized carbons (Fsp3) is 0.432. The standard InChI is InChI=1S/C37H40Cl2N6O7S3.2ClH/c1-6-19-15-37(19,34(48)44-55(49,50)22-8-9-22)43-31(46)27-14-21(52-32-24-13-20(38)7-10-23(24)28(51-5)16-40-32)17-45(27)33(47)30(36(2,3)4)42-35-41-26(18-54-35)29-25(39)11-12-53-29;;/h6-7,10-13,16,18-19,21-22,27,30H,1,8-9,14-15,17H2,2-5H3,(H,41,42)(H,43,46)(H,44,48);2*1H/t19-,21-,27+,30-,37-;;/m1../s1. The number of amides is 3. The molecular weight excluding hydrogens is 878 g/mol. The Hall–Kier alpha value is -3.38. The zero-order valence-electron chi connectivity index (χ0n) is 31.2. The summed E-state index contributed by atoms with van der Waals surface area (Å²) in [5.41, 5.74) is -1.54. The number of anilines is 1. The van der Waals surface area contributed by atoms with Gasteiger partial charge < -0.3 is 25.0 Å². The van der Waals surface area contributed by atoms with Crippen LogP contribution in [0, 0.1) is 11.3 Å². The third-order valence-corrected chi connectivity index (χ3v) is 14.3. The van der Waals surface area contributed by atoms with Gasteiger partial charge in [-0.2, -0.15) is 0 Å². The number of methoxy groups -OCH3 is 1. The molecule has 3 aliphatic rings. The van der Waals surface area contributed by atoms with Crippen LogP contribution in [0.25, 0.3) is 21.3 Å². The molecule has 4 heterocycles. The van der Waals surface area contributed by atoms with E-state index in [2.05, 4.69) is 26.9 Å². The molecule has 3 N–H and O–H groups in total. The van der Waals surface area contributed by atoms with Gasteiger partial charge in [0.15, 0.2) is 5.13 Å². The normalized spacial score (nSPS) is 22.1. The van der Waals surface area contributed by atoms with Crippen molar-refractivity contribution in [1.82, 2.24) is 24.9 Å². The lowest BCUT2D eigenvalue weighted by Crippen LogP contribution is -2.58. The van der Waals surface area contributed by atoms with Gasteiger partial charge in [-0.05, 0) is 54.3 Å². The molecule has 5 atom stereocenters. The molecule has 57 heavy (non-hydrogen) atoms. The summed E-state index contributed by atoms with van der Waals surface area (Å²) in [5.74, 6) is -1.62. The lowest BCUT2D eigenvalue weighted by Gasteiger charge is -2.35. The second-order valence-corrected chi connectivity index (χ2v) is 19.6. The molecule has 3 amide bonds. The van der Waals surface area contributed by atoms with Gasteiger partial charge in [0, 0.05) is 33.5 Å². The molecule has 1 saturated heterocycles. The Morgan fingerprint density at radius 2 is 1.86 bits per heavy atom. The lowest BCUT2D eigenvalue weighted by molar-refractivity contribution is -0.141. The van der Waals surface area contributed by atoms with Crippen molar-refractivity contribution in [2.75, 3.05) is 19.0 Å². The topological polar surface area (TPSA) is 169 Å². The van der Waals surface area contributed by atoms with Gasteiger partial charge >= 0.3 is 0 Å². The van der Waals surface area contributed by atoms with Crippen molar-refractivity contribution in [3.63, 3.8) is 0 Å².